The first-order valence-electron chi connectivity index (χ1n) is 6.96. The van der Waals surface area contributed by atoms with Crippen LogP contribution in [0.25, 0.3) is 0 Å². The normalized spacial score (nSPS) is 17.0. The molecule has 0 atom stereocenters. The Balaban J connectivity index is 1.68. The van der Waals surface area contributed by atoms with Crippen molar-refractivity contribution in [2.75, 3.05) is 13.2 Å². The van der Waals surface area contributed by atoms with Gasteiger partial charge in [0.2, 0.25) is 0 Å². The van der Waals surface area contributed by atoms with Gasteiger partial charge in [0.1, 0.15) is 6.54 Å². The minimum atomic E-state index is -4.45. The summed E-state index contributed by atoms with van der Waals surface area (Å²) in [5.41, 5.74) is -0.920. The zero-order chi connectivity index (χ0) is 15.6. The van der Waals surface area contributed by atoms with Crippen molar-refractivity contribution in [1.82, 2.24) is 30.0 Å². The van der Waals surface area contributed by atoms with Crippen LogP contribution in [0.1, 0.15) is 24.4 Å². The molecule has 120 valence electrons. The van der Waals surface area contributed by atoms with Crippen LogP contribution in [-0.4, -0.2) is 43.2 Å². The summed E-state index contributed by atoms with van der Waals surface area (Å²) in [4.78, 5) is 0. The lowest BCUT2D eigenvalue weighted by molar-refractivity contribution is -0.141. The summed E-state index contributed by atoms with van der Waals surface area (Å²) in [5.74, 6) is 0.905. The quantitative estimate of drug-likeness (QED) is 0.852. The predicted octanol–water partition coefficient (Wildman–Crippen LogP) is 1.36. The molecule has 0 radical (unpaired) electrons. The van der Waals surface area contributed by atoms with Gasteiger partial charge in [-0.3, -0.25) is 4.68 Å². The number of hydrogen-bond acceptors (Lipinski definition) is 5. The van der Waals surface area contributed by atoms with Crippen LogP contribution < -0.4 is 0 Å². The van der Waals surface area contributed by atoms with Gasteiger partial charge in [-0.15, -0.1) is 5.10 Å². The molecule has 0 unspecified atom stereocenters. The Morgan fingerprint density at radius 1 is 1.27 bits per heavy atom. The van der Waals surface area contributed by atoms with E-state index in [1.807, 2.05) is 0 Å². The second-order valence-electron chi connectivity index (χ2n) is 5.23. The van der Waals surface area contributed by atoms with Gasteiger partial charge in [0.05, 0.1) is 0 Å². The summed E-state index contributed by atoms with van der Waals surface area (Å²) in [6, 6.07) is 0.937. The van der Waals surface area contributed by atoms with Gasteiger partial charge in [-0.25, -0.2) is 4.68 Å². The average molecular weight is 316 g/mol. The maximum absolute atomic E-state index is 12.5. The third kappa shape index (κ3) is 3.43. The number of tetrazole rings is 1. The number of halogens is 3. The molecule has 0 bridgehead atoms. The minimum Gasteiger partial charge on any atom is -0.381 e. The number of rotatable bonds is 4. The van der Waals surface area contributed by atoms with E-state index in [1.54, 1.807) is 4.68 Å². The van der Waals surface area contributed by atoms with Crippen molar-refractivity contribution >= 4 is 0 Å². The second-order valence-corrected chi connectivity index (χ2v) is 5.23. The average Bonchev–Trinajstić information content (AvgIpc) is 3.10. The van der Waals surface area contributed by atoms with Gasteiger partial charge in [0.15, 0.2) is 11.5 Å². The Labute approximate surface area is 124 Å². The fourth-order valence-corrected chi connectivity index (χ4v) is 2.40. The van der Waals surface area contributed by atoms with E-state index < -0.39 is 11.9 Å². The van der Waals surface area contributed by atoms with E-state index in [-0.39, 0.29) is 6.54 Å². The van der Waals surface area contributed by atoms with Crippen LogP contribution in [0.15, 0.2) is 12.3 Å². The van der Waals surface area contributed by atoms with Gasteiger partial charge < -0.3 is 4.74 Å². The van der Waals surface area contributed by atoms with Crippen LogP contribution in [0.2, 0.25) is 0 Å². The van der Waals surface area contributed by atoms with E-state index in [4.69, 9.17) is 4.74 Å². The van der Waals surface area contributed by atoms with E-state index >= 15 is 0 Å². The predicted molar refractivity (Wildman–Crippen MR) is 67.7 cm³/mol. The molecule has 1 aliphatic rings. The summed E-state index contributed by atoms with van der Waals surface area (Å²) in [5, 5.41) is 14.9. The van der Waals surface area contributed by atoms with Gasteiger partial charge >= 0.3 is 6.18 Å². The standard InChI is InChI=1S/C12H15F3N6O/c13-12(14,15)10-1-4-20(17-10)8-11-16-18-19-21(11)7-9-2-5-22-6-3-9/h1,4,9H,2-3,5-8H2. The van der Waals surface area contributed by atoms with Crippen LogP contribution >= 0.6 is 0 Å². The fourth-order valence-electron chi connectivity index (χ4n) is 2.40. The molecule has 0 spiro atoms. The highest BCUT2D eigenvalue weighted by molar-refractivity contribution is 5.04. The first-order chi connectivity index (χ1) is 10.5. The molecule has 3 rings (SSSR count). The Kier molecular flexibility index (Phi) is 4.10. The molecule has 1 aliphatic heterocycles. The largest absolute Gasteiger partial charge is 0.435 e. The van der Waals surface area contributed by atoms with E-state index in [9.17, 15) is 13.2 Å². The third-order valence-electron chi connectivity index (χ3n) is 3.61. The zero-order valence-corrected chi connectivity index (χ0v) is 11.7. The van der Waals surface area contributed by atoms with Crippen molar-refractivity contribution < 1.29 is 17.9 Å². The fraction of sp³-hybridized carbons (Fsp3) is 0.667. The van der Waals surface area contributed by atoms with Gasteiger partial charge in [-0.1, -0.05) is 0 Å². The van der Waals surface area contributed by atoms with Crippen molar-refractivity contribution in [2.24, 2.45) is 5.92 Å². The van der Waals surface area contributed by atoms with Gasteiger partial charge in [0.25, 0.3) is 0 Å². The number of nitrogens with zero attached hydrogens (tertiary/aromatic N) is 6. The number of ether oxygens (including phenoxy) is 1. The van der Waals surface area contributed by atoms with E-state index in [0.29, 0.717) is 18.3 Å². The SMILES string of the molecule is FC(F)(F)c1ccn(Cc2nnnn2CC2CCOCC2)n1. The van der Waals surface area contributed by atoms with Gasteiger partial charge in [0, 0.05) is 26.0 Å². The van der Waals surface area contributed by atoms with E-state index in [2.05, 4.69) is 20.6 Å². The minimum absolute atomic E-state index is 0.103. The summed E-state index contributed by atoms with van der Waals surface area (Å²) in [6.07, 6.45) is -1.31. The first kappa shape index (κ1) is 14.9. The molecule has 0 aromatic carbocycles. The Bertz CT molecular complexity index is 616. The molecular weight excluding hydrogens is 301 g/mol. The van der Waals surface area contributed by atoms with Gasteiger partial charge in [-0.05, 0) is 35.3 Å². The van der Waals surface area contributed by atoms with Crippen molar-refractivity contribution in [1.29, 1.82) is 0 Å². The lowest BCUT2D eigenvalue weighted by Gasteiger charge is -2.21. The van der Waals surface area contributed by atoms with Crippen LogP contribution in [0.5, 0.6) is 0 Å². The highest BCUT2D eigenvalue weighted by Gasteiger charge is 2.33. The van der Waals surface area contributed by atoms with Crippen LogP contribution in [0.3, 0.4) is 0 Å². The Hall–Kier alpha value is -1.97. The molecular formula is C12H15F3N6O. The monoisotopic (exact) mass is 316 g/mol. The van der Waals surface area contributed by atoms with Crippen LogP contribution in [-0.2, 0) is 24.0 Å². The molecule has 10 heteroatoms. The lowest BCUT2D eigenvalue weighted by atomic mass is 10.0. The van der Waals surface area contributed by atoms with Crippen molar-refractivity contribution in [3.05, 3.63) is 23.8 Å². The maximum Gasteiger partial charge on any atom is 0.435 e. The summed E-state index contributed by atoms with van der Waals surface area (Å²) in [6.45, 7) is 2.18. The molecule has 0 saturated carbocycles. The Morgan fingerprint density at radius 3 is 2.73 bits per heavy atom. The summed E-state index contributed by atoms with van der Waals surface area (Å²) < 4.78 is 45.7. The zero-order valence-electron chi connectivity index (χ0n) is 11.7. The van der Waals surface area contributed by atoms with E-state index in [1.165, 1.54) is 10.9 Å². The number of hydrogen-bond donors (Lipinski definition) is 0. The highest BCUT2D eigenvalue weighted by Crippen LogP contribution is 2.27. The maximum atomic E-state index is 12.5. The van der Waals surface area contributed by atoms with Crippen LogP contribution in [0.4, 0.5) is 13.2 Å². The summed E-state index contributed by atoms with van der Waals surface area (Å²) >= 11 is 0. The number of aromatic nitrogens is 6. The molecule has 2 aromatic heterocycles. The molecule has 0 N–H and O–H groups in total. The Morgan fingerprint density at radius 2 is 2.05 bits per heavy atom. The molecule has 22 heavy (non-hydrogen) atoms. The molecule has 0 aliphatic carbocycles. The number of alkyl halides is 3. The van der Waals surface area contributed by atoms with Gasteiger partial charge in [-0.2, -0.15) is 18.3 Å². The topological polar surface area (TPSA) is 70.7 Å². The molecule has 0 amide bonds. The van der Waals surface area contributed by atoms with Crippen molar-refractivity contribution in [3.63, 3.8) is 0 Å². The van der Waals surface area contributed by atoms with E-state index in [0.717, 1.165) is 32.1 Å². The molecule has 1 fully saturated rings. The smallest absolute Gasteiger partial charge is 0.381 e. The third-order valence-corrected chi connectivity index (χ3v) is 3.61. The van der Waals surface area contributed by atoms with Crippen LogP contribution in [0, 0.1) is 5.92 Å². The second kappa shape index (κ2) is 6.03. The molecule has 3 heterocycles. The lowest BCUT2D eigenvalue weighted by Crippen LogP contribution is -2.22. The van der Waals surface area contributed by atoms with Crippen molar-refractivity contribution in [2.45, 2.75) is 32.1 Å². The molecule has 1 saturated heterocycles. The highest BCUT2D eigenvalue weighted by atomic mass is 19.4. The molecule has 7 nitrogen and oxygen atoms in total. The molecule has 2 aromatic rings. The summed E-state index contributed by atoms with van der Waals surface area (Å²) in [7, 11) is 0. The first-order valence-corrected chi connectivity index (χ1v) is 6.96. The van der Waals surface area contributed by atoms with Crippen molar-refractivity contribution in [3.8, 4) is 0 Å².